The van der Waals surface area contributed by atoms with Crippen LogP contribution in [0.4, 0.5) is 0 Å². The normalized spacial score (nSPS) is 14.2. The molecule has 2 atom stereocenters. The van der Waals surface area contributed by atoms with Crippen LogP contribution in [-0.4, -0.2) is 25.4 Å². The lowest BCUT2D eigenvalue weighted by Gasteiger charge is -2.20. The van der Waals surface area contributed by atoms with Gasteiger partial charge in [0.1, 0.15) is 0 Å². The molecule has 0 saturated carbocycles. The summed E-state index contributed by atoms with van der Waals surface area (Å²) in [6, 6.07) is 0. The summed E-state index contributed by atoms with van der Waals surface area (Å²) in [6.07, 6.45) is 19.8. The Balaban J connectivity index is 3.60. The third kappa shape index (κ3) is 15.4. The molecular weight excluding hydrogens is 296 g/mol. The fourth-order valence-electron chi connectivity index (χ4n) is 3.40. The smallest absolute Gasteiger partial charge is 0.0578 e. The van der Waals surface area contributed by atoms with Crippen molar-refractivity contribution >= 4 is 0 Å². The van der Waals surface area contributed by atoms with Gasteiger partial charge in [0.2, 0.25) is 0 Å². The lowest BCUT2D eigenvalue weighted by Crippen LogP contribution is -2.18. The van der Waals surface area contributed by atoms with E-state index >= 15 is 0 Å². The van der Waals surface area contributed by atoms with Crippen LogP contribution in [0.25, 0.3) is 0 Å². The van der Waals surface area contributed by atoms with E-state index < -0.39 is 0 Å². The average molecular weight is 343 g/mol. The minimum atomic E-state index is 0.369. The van der Waals surface area contributed by atoms with Gasteiger partial charge in [-0.15, -0.1) is 0 Å². The molecule has 0 aliphatic rings. The monoisotopic (exact) mass is 342 g/mol. The highest BCUT2D eigenvalue weighted by Crippen LogP contribution is 2.18. The van der Waals surface area contributed by atoms with Gasteiger partial charge in [-0.2, -0.15) is 0 Å². The molecule has 0 aromatic rings. The maximum absolute atomic E-state index is 6.11. The zero-order valence-corrected chi connectivity index (χ0v) is 17.4. The molecule has 0 N–H and O–H groups in total. The second-order valence-electron chi connectivity index (χ2n) is 7.62. The molecule has 0 rings (SSSR count). The third-order valence-corrected chi connectivity index (χ3v) is 4.94. The van der Waals surface area contributed by atoms with Crippen LogP contribution in [-0.2, 0) is 9.47 Å². The highest BCUT2D eigenvalue weighted by Gasteiger charge is 2.10. The van der Waals surface area contributed by atoms with Gasteiger partial charge in [-0.25, -0.2) is 0 Å². The van der Waals surface area contributed by atoms with Crippen molar-refractivity contribution in [2.45, 2.75) is 136 Å². The summed E-state index contributed by atoms with van der Waals surface area (Å²) in [6.45, 7) is 8.83. The molecule has 0 aliphatic carbocycles. The van der Waals surface area contributed by atoms with Crippen molar-refractivity contribution in [1.29, 1.82) is 0 Å². The molecule has 2 unspecified atom stereocenters. The van der Waals surface area contributed by atoms with Crippen LogP contribution < -0.4 is 0 Å². The number of unbranched alkanes of at least 4 members (excludes halogenated alkanes) is 8. The van der Waals surface area contributed by atoms with E-state index in [0.717, 1.165) is 6.42 Å². The molecule has 0 bridgehead atoms. The molecule has 2 heteroatoms. The Bertz CT molecular complexity index is 236. The fraction of sp³-hybridized carbons (Fsp3) is 1.00. The van der Waals surface area contributed by atoms with Gasteiger partial charge < -0.3 is 9.47 Å². The van der Waals surface area contributed by atoms with Crippen molar-refractivity contribution in [3.05, 3.63) is 0 Å². The molecule has 0 saturated heterocycles. The van der Waals surface area contributed by atoms with E-state index in [2.05, 4.69) is 27.7 Å². The van der Waals surface area contributed by atoms with Crippen LogP contribution in [0.15, 0.2) is 0 Å². The van der Waals surface area contributed by atoms with Crippen molar-refractivity contribution in [3.8, 4) is 0 Å². The van der Waals surface area contributed by atoms with E-state index in [9.17, 15) is 0 Å². The van der Waals surface area contributed by atoms with Gasteiger partial charge in [0, 0.05) is 7.11 Å². The minimum absolute atomic E-state index is 0.369. The second-order valence-corrected chi connectivity index (χ2v) is 7.62. The molecule has 0 heterocycles. The van der Waals surface area contributed by atoms with E-state index in [4.69, 9.17) is 9.47 Å². The van der Waals surface area contributed by atoms with Crippen molar-refractivity contribution in [1.82, 2.24) is 0 Å². The largest absolute Gasteiger partial charge is 0.381 e. The maximum atomic E-state index is 6.11. The standard InChI is InChI=1S/C22H46O2/c1-6-8-9-14-18-22(24-20(3)4)19-16-13-11-10-12-15-17-21(7-2)23-5/h20-22H,6-19H2,1-5H3. The summed E-state index contributed by atoms with van der Waals surface area (Å²) >= 11 is 0. The number of hydrogen-bond donors (Lipinski definition) is 0. The zero-order valence-electron chi connectivity index (χ0n) is 17.4. The van der Waals surface area contributed by atoms with Crippen molar-refractivity contribution in [2.75, 3.05) is 7.11 Å². The molecule has 2 nitrogen and oxygen atoms in total. The number of ether oxygens (including phenoxy) is 2. The van der Waals surface area contributed by atoms with E-state index in [-0.39, 0.29) is 0 Å². The SMILES string of the molecule is CCCCCCC(CCCCCCCCC(CC)OC)OC(C)C. The first-order chi connectivity index (χ1) is 11.6. The second kappa shape index (κ2) is 17.7. The molecule has 0 fully saturated rings. The predicted molar refractivity (Wildman–Crippen MR) is 107 cm³/mol. The van der Waals surface area contributed by atoms with Crippen LogP contribution >= 0.6 is 0 Å². The van der Waals surface area contributed by atoms with Gasteiger partial charge >= 0.3 is 0 Å². The van der Waals surface area contributed by atoms with Crippen LogP contribution in [0.2, 0.25) is 0 Å². The summed E-state index contributed by atoms with van der Waals surface area (Å²) in [4.78, 5) is 0. The van der Waals surface area contributed by atoms with Crippen LogP contribution in [0, 0.1) is 0 Å². The first kappa shape index (κ1) is 23.9. The van der Waals surface area contributed by atoms with E-state index in [1.54, 1.807) is 0 Å². The van der Waals surface area contributed by atoms with Crippen LogP contribution in [0.5, 0.6) is 0 Å². The molecule has 24 heavy (non-hydrogen) atoms. The summed E-state index contributed by atoms with van der Waals surface area (Å²) in [5.74, 6) is 0. The third-order valence-electron chi connectivity index (χ3n) is 4.94. The van der Waals surface area contributed by atoms with Gasteiger partial charge in [0.25, 0.3) is 0 Å². The van der Waals surface area contributed by atoms with E-state index in [1.165, 1.54) is 83.5 Å². The summed E-state index contributed by atoms with van der Waals surface area (Å²) < 4.78 is 11.5. The molecule has 0 aromatic carbocycles. The van der Waals surface area contributed by atoms with Crippen LogP contribution in [0.1, 0.15) is 118 Å². The predicted octanol–water partition coefficient (Wildman–Crippen LogP) is 7.30. The van der Waals surface area contributed by atoms with Gasteiger partial charge in [-0.3, -0.25) is 0 Å². The Morgan fingerprint density at radius 3 is 1.50 bits per heavy atom. The molecular formula is C22H46O2. The van der Waals surface area contributed by atoms with Gasteiger partial charge in [-0.1, -0.05) is 78.1 Å². The number of methoxy groups -OCH3 is 1. The molecule has 0 aromatic heterocycles. The lowest BCUT2D eigenvalue weighted by atomic mass is 10.0. The first-order valence-corrected chi connectivity index (χ1v) is 10.8. The van der Waals surface area contributed by atoms with E-state index in [1.807, 2.05) is 7.11 Å². The lowest BCUT2D eigenvalue weighted by molar-refractivity contribution is -0.00397. The summed E-state index contributed by atoms with van der Waals surface area (Å²) in [5.41, 5.74) is 0. The molecule has 146 valence electrons. The number of rotatable bonds is 18. The Hall–Kier alpha value is -0.0800. The zero-order chi connectivity index (χ0) is 18.0. The van der Waals surface area contributed by atoms with Crippen molar-refractivity contribution in [2.24, 2.45) is 0 Å². The summed E-state index contributed by atoms with van der Waals surface area (Å²) in [7, 11) is 1.84. The van der Waals surface area contributed by atoms with Crippen LogP contribution in [0.3, 0.4) is 0 Å². The molecule has 0 radical (unpaired) electrons. The Labute approximate surface area is 153 Å². The molecule has 0 amide bonds. The van der Waals surface area contributed by atoms with Crippen molar-refractivity contribution in [3.63, 3.8) is 0 Å². The van der Waals surface area contributed by atoms with Gasteiger partial charge in [0.05, 0.1) is 18.3 Å². The minimum Gasteiger partial charge on any atom is -0.381 e. The first-order valence-electron chi connectivity index (χ1n) is 10.8. The maximum Gasteiger partial charge on any atom is 0.0578 e. The van der Waals surface area contributed by atoms with Gasteiger partial charge in [0.15, 0.2) is 0 Å². The highest BCUT2D eigenvalue weighted by molar-refractivity contribution is 4.62. The summed E-state index contributed by atoms with van der Waals surface area (Å²) in [5, 5.41) is 0. The Morgan fingerprint density at radius 1 is 0.625 bits per heavy atom. The molecule has 0 aliphatic heterocycles. The van der Waals surface area contributed by atoms with E-state index in [0.29, 0.717) is 18.3 Å². The fourth-order valence-corrected chi connectivity index (χ4v) is 3.40. The molecule has 0 spiro atoms. The number of hydrogen-bond acceptors (Lipinski definition) is 2. The average Bonchev–Trinajstić information content (AvgIpc) is 2.56. The van der Waals surface area contributed by atoms with Gasteiger partial charge in [-0.05, 0) is 39.5 Å². The van der Waals surface area contributed by atoms with Crippen molar-refractivity contribution < 1.29 is 9.47 Å². The Kier molecular flexibility index (Phi) is 17.7. The topological polar surface area (TPSA) is 18.5 Å². The Morgan fingerprint density at radius 2 is 1.08 bits per heavy atom. The quantitative estimate of drug-likeness (QED) is 0.243. The highest BCUT2D eigenvalue weighted by atomic mass is 16.5.